The maximum absolute atomic E-state index is 5.33. The molecule has 25 heavy (non-hydrogen) atoms. The first-order valence-electron chi connectivity index (χ1n) is 8.48. The summed E-state index contributed by atoms with van der Waals surface area (Å²) in [6, 6.07) is 16.5. The smallest absolute Gasteiger partial charge is 0.120 e. The van der Waals surface area contributed by atoms with E-state index in [9.17, 15) is 0 Å². The van der Waals surface area contributed by atoms with Crippen LogP contribution in [-0.4, -0.2) is 24.4 Å². The van der Waals surface area contributed by atoms with Gasteiger partial charge in [0.1, 0.15) is 5.75 Å². The van der Waals surface area contributed by atoms with Gasteiger partial charge in [-0.05, 0) is 35.8 Å². The second kappa shape index (κ2) is 6.81. The number of aromatic amines is 1. The highest BCUT2D eigenvalue weighted by Crippen LogP contribution is 2.29. The summed E-state index contributed by atoms with van der Waals surface area (Å²) >= 11 is 0. The van der Waals surface area contributed by atoms with Gasteiger partial charge in [0, 0.05) is 23.5 Å². The van der Waals surface area contributed by atoms with Gasteiger partial charge in [0.2, 0.25) is 0 Å². The molecule has 1 N–H and O–H groups in total. The van der Waals surface area contributed by atoms with E-state index >= 15 is 0 Å². The van der Waals surface area contributed by atoms with Crippen molar-refractivity contribution >= 4 is 22.7 Å². The van der Waals surface area contributed by atoms with Crippen molar-refractivity contribution in [3.05, 3.63) is 83.6 Å². The molecular weight excluding hydrogens is 308 g/mol. The number of allylic oxidation sites excluding steroid dienone is 3. The summed E-state index contributed by atoms with van der Waals surface area (Å²) in [7, 11) is 1.69. The van der Waals surface area contributed by atoms with E-state index in [-0.39, 0.29) is 0 Å². The van der Waals surface area contributed by atoms with Crippen LogP contribution in [0.4, 0.5) is 0 Å². The number of ether oxygens (including phenoxy) is 1. The highest BCUT2D eigenvalue weighted by molar-refractivity contribution is 6.12. The number of rotatable bonds is 4. The van der Waals surface area contributed by atoms with Crippen molar-refractivity contribution in [1.82, 2.24) is 4.98 Å². The fourth-order valence-corrected chi connectivity index (χ4v) is 3.22. The lowest BCUT2D eigenvalue weighted by Gasteiger charge is -2.10. The zero-order chi connectivity index (χ0) is 17.1. The Labute approximate surface area is 147 Å². The third-order valence-electron chi connectivity index (χ3n) is 4.47. The summed E-state index contributed by atoms with van der Waals surface area (Å²) in [5, 5.41) is 1.26. The monoisotopic (exact) mass is 328 g/mol. The van der Waals surface area contributed by atoms with Crippen LogP contribution >= 0.6 is 0 Å². The van der Waals surface area contributed by atoms with Gasteiger partial charge in [-0.3, -0.25) is 4.99 Å². The van der Waals surface area contributed by atoms with Crippen LogP contribution in [0.1, 0.15) is 16.8 Å². The molecule has 3 aromatic rings. The van der Waals surface area contributed by atoms with Gasteiger partial charge in [-0.1, -0.05) is 48.6 Å². The zero-order valence-electron chi connectivity index (χ0n) is 14.2. The minimum absolute atomic E-state index is 0.827. The molecule has 1 aliphatic heterocycles. The Morgan fingerprint density at radius 2 is 1.88 bits per heavy atom. The fourth-order valence-electron chi connectivity index (χ4n) is 3.22. The van der Waals surface area contributed by atoms with Crippen LogP contribution in [0.3, 0.4) is 0 Å². The number of benzene rings is 2. The maximum atomic E-state index is 5.33. The summed E-state index contributed by atoms with van der Waals surface area (Å²) in [5.74, 6) is 0.867. The SMILES string of the molecule is COc1ccc2c3c([nH]c2c1)C(/C=C/C=C/c1ccccc1)=NCC3. The molecular formula is C22H20N2O. The predicted octanol–water partition coefficient (Wildman–Crippen LogP) is 4.79. The minimum Gasteiger partial charge on any atom is -0.497 e. The van der Waals surface area contributed by atoms with Gasteiger partial charge in [-0.15, -0.1) is 0 Å². The molecule has 1 aliphatic rings. The molecule has 4 rings (SSSR count). The number of nitrogens with one attached hydrogen (secondary N) is 1. The molecule has 3 nitrogen and oxygen atoms in total. The van der Waals surface area contributed by atoms with Crippen molar-refractivity contribution in [2.75, 3.05) is 13.7 Å². The highest BCUT2D eigenvalue weighted by atomic mass is 16.5. The molecule has 3 heteroatoms. The van der Waals surface area contributed by atoms with Gasteiger partial charge in [0.25, 0.3) is 0 Å². The Kier molecular flexibility index (Phi) is 4.21. The second-order valence-corrected chi connectivity index (χ2v) is 6.04. The van der Waals surface area contributed by atoms with Crippen LogP contribution in [-0.2, 0) is 6.42 Å². The van der Waals surface area contributed by atoms with Gasteiger partial charge in [-0.2, -0.15) is 0 Å². The van der Waals surface area contributed by atoms with Crippen LogP contribution < -0.4 is 4.74 Å². The Morgan fingerprint density at radius 1 is 1.04 bits per heavy atom. The molecule has 0 atom stereocenters. The number of hydrogen-bond acceptors (Lipinski definition) is 2. The van der Waals surface area contributed by atoms with Crippen LogP contribution in [0.5, 0.6) is 5.75 Å². The zero-order valence-corrected chi connectivity index (χ0v) is 14.2. The van der Waals surface area contributed by atoms with Crippen LogP contribution in [0, 0.1) is 0 Å². The fraction of sp³-hybridized carbons (Fsp3) is 0.136. The van der Waals surface area contributed by atoms with Crippen molar-refractivity contribution < 1.29 is 4.74 Å². The largest absolute Gasteiger partial charge is 0.497 e. The van der Waals surface area contributed by atoms with Crippen molar-refractivity contribution in [3.8, 4) is 5.75 Å². The summed E-state index contributed by atoms with van der Waals surface area (Å²) in [4.78, 5) is 8.20. The Hall–Kier alpha value is -3.07. The van der Waals surface area contributed by atoms with Crippen molar-refractivity contribution in [2.24, 2.45) is 4.99 Å². The molecule has 0 unspecified atom stereocenters. The second-order valence-electron chi connectivity index (χ2n) is 6.04. The minimum atomic E-state index is 0.827. The summed E-state index contributed by atoms with van der Waals surface area (Å²) in [6.07, 6.45) is 9.24. The Balaban J connectivity index is 1.61. The molecule has 0 spiro atoms. The van der Waals surface area contributed by atoms with E-state index in [0.717, 1.165) is 35.6 Å². The first-order chi connectivity index (χ1) is 12.3. The third-order valence-corrected chi connectivity index (χ3v) is 4.47. The van der Waals surface area contributed by atoms with Gasteiger partial charge >= 0.3 is 0 Å². The lowest BCUT2D eigenvalue weighted by Crippen LogP contribution is -2.09. The van der Waals surface area contributed by atoms with Crippen molar-refractivity contribution in [1.29, 1.82) is 0 Å². The van der Waals surface area contributed by atoms with Crippen molar-refractivity contribution in [3.63, 3.8) is 0 Å². The molecule has 0 aliphatic carbocycles. The number of aromatic nitrogens is 1. The number of fused-ring (bicyclic) bond motifs is 3. The molecule has 2 heterocycles. The third kappa shape index (κ3) is 3.13. The van der Waals surface area contributed by atoms with Crippen LogP contribution in [0.2, 0.25) is 0 Å². The molecule has 0 radical (unpaired) electrons. The lowest BCUT2D eigenvalue weighted by molar-refractivity contribution is 0.415. The molecule has 124 valence electrons. The van der Waals surface area contributed by atoms with E-state index in [2.05, 4.69) is 46.4 Å². The average molecular weight is 328 g/mol. The van der Waals surface area contributed by atoms with Crippen molar-refractivity contribution in [2.45, 2.75) is 6.42 Å². The van der Waals surface area contributed by atoms with E-state index < -0.39 is 0 Å². The summed E-state index contributed by atoms with van der Waals surface area (Å²) < 4.78 is 5.33. The Bertz CT molecular complexity index is 978. The normalized spacial score (nSPS) is 14.2. The van der Waals surface area contributed by atoms with Gasteiger partial charge < -0.3 is 9.72 Å². The standard InChI is InChI=1S/C22H20N2O/c1-25-17-11-12-18-19-13-14-23-20(22(19)24-21(18)15-17)10-6-5-9-16-7-3-2-4-8-16/h2-12,15,24H,13-14H2,1H3/b9-5+,10-6+. The topological polar surface area (TPSA) is 37.4 Å². The number of nitrogens with zero attached hydrogens (tertiary/aromatic N) is 1. The highest BCUT2D eigenvalue weighted by Gasteiger charge is 2.18. The molecule has 0 fully saturated rings. The molecule has 1 aromatic heterocycles. The average Bonchev–Trinajstić information content (AvgIpc) is 3.04. The summed E-state index contributed by atoms with van der Waals surface area (Å²) in [6.45, 7) is 0.827. The number of aliphatic imine (C=N–C) groups is 1. The van der Waals surface area contributed by atoms with E-state index in [4.69, 9.17) is 4.74 Å². The first-order valence-corrected chi connectivity index (χ1v) is 8.48. The number of H-pyrrole nitrogens is 1. The van der Waals surface area contributed by atoms with E-state index in [1.54, 1.807) is 7.11 Å². The lowest BCUT2D eigenvalue weighted by atomic mass is 10.0. The van der Waals surface area contributed by atoms with E-state index in [1.165, 1.54) is 16.5 Å². The molecule has 0 bridgehead atoms. The Morgan fingerprint density at radius 3 is 2.72 bits per heavy atom. The van der Waals surface area contributed by atoms with Crippen LogP contribution in [0.15, 0.2) is 71.8 Å². The molecule has 2 aromatic carbocycles. The van der Waals surface area contributed by atoms with E-state index in [0.29, 0.717) is 0 Å². The first kappa shape index (κ1) is 15.5. The molecule has 0 amide bonds. The summed E-state index contributed by atoms with van der Waals surface area (Å²) in [5.41, 5.74) is 5.77. The van der Waals surface area contributed by atoms with Crippen LogP contribution in [0.25, 0.3) is 17.0 Å². The molecule has 0 saturated carbocycles. The quantitative estimate of drug-likeness (QED) is 0.687. The maximum Gasteiger partial charge on any atom is 0.120 e. The van der Waals surface area contributed by atoms with E-state index in [1.807, 2.05) is 36.4 Å². The van der Waals surface area contributed by atoms with Gasteiger partial charge in [-0.25, -0.2) is 0 Å². The van der Waals surface area contributed by atoms with Gasteiger partial charge in [0.15, 0.2) is 0 Å². The van der Waals surface area contributed by atoms with Gasteiger partial charge in [0.05, 0.1) is 18.5 Å². The number of hydrogen-bond donors (Lipinski definition) is 1. The molecule has 0 saturated heterocycles. The number of methoxy groups -OCH3 is 1. The predicted molar refractivity (Wildman–Crippen MR) is 105 cm³/mol.